The monoisotopic (exact) mass is 461 g/mol. The van der Waals surface area contributed by atoms with Crippen LogP contribution >= 0.6 is 0 Å². The van der Waals surface area contributed by atoms with Crippen LogP contribution in [0.3, 0.4) is 0 Å². The van der Waals surface area contributed by atoms with Gasteiger partial charge < -0.3 is 15.0 Å². The van der Waals surface area contributed by atoms with Crippen LogP contribution in [0, 0.1) is 12.8 Å². The first-order valence-electron chi connectivity index (χ1n) is 11.8. The summed E-state index contributed by atoms with van der Waals surface area (Å²) in [6.45, 7) is 7.57. The summed E-state index contributed by atoms with van der Waals surface area (Å²) in [5.74, 6) is 1.30. The molecule has 178 valence electrons. The predicted molar refractivity (Wildman–Crippen MR) is 129 cm³/mol. The van der Waals surface area contributed by atoms with Gasteiger partial charge in [-0.05, 0) is 42.5 Å². The molecule has 4 heterocycles. The van der Waals surface area contributed by atoms with Crippen molar-refractivity contribution in [2.24, 2.45) is 13.0 Å². The number of amides is 1. The molecule has 9 nitrogen and oxygen atoms in total. The molecule has 9 heteroatoms. The molecule has 0 saturated carbocycles. The fourth-order valence-electron chi connectivity index (χ4n) is 4.61. The Morgan fingerprint density at radius 3 is 2.88 bits per heavy atom. The Hall–Kier alpha value is -3.30. The van der Waals surface area contributed by atoms with Gasteiger partial charge in [0.1, 0.15) is 0 Å². The van der Waals surface area contributed by atoms with Gasteiger partial charge in [0.15, 0.2) is 0 Å². The van der Waals surface area contributed by atoms with Crippen molar-refractivity contribution in [2.75, 3.05) is 44.7 Å². The van der Waals surface area contributed by atoms with Gasteiger partial charge in [-0.25, -0.2) is 9.97 Å². The molecule has 1 unspecified atom stereocenters. The number of hydrogen-bond donors (Lipinski definition) is 1. The maximum Gasteiger partial charge on any atom is 0.237 e. The molecular formula is C25H31N7O2. The van der Waals surface area contributed by atoms with Gasteiger partial charge in [0, 0.05) is 57.8 Å². The van der Waals surface area contributed by atoms with E-state index in [2.05, 4.69) is 50.4 Å². The molecule has 2 aromatic heterocycles. The Labute approximate surface area is 199 Å². The van der Waals surface area contributed by atoms with Crippen molar-refractivity contribution in [3.05, 3.63) is 54.0 Å². The quantitative estimate of drug-likeness (QED) is 0.579. The molecule has 0 bridgehead atoms. The molecule has 0 spiro atoms. The zero-order chi connectivity index (χ0) is 23.5. The third kappa shape index (κ3) is 5.26. The highest BCUT2D eigenvalue weighted by Gasteiger charge is 2.27. The van der Waals surface area contributed by atoms with E-state index < -0.39 is 0 Å². The summed E-state index contributed by atoms with van der Waals surface area (Å²) in [6, 6.07) is 8.21. The molecule has 2 fully saturated rings. The third-order valence-corrected chi connectivity index (χ3v) is 6.55. The van der Waals surface area contributed by atoms with E-state index in [0.29, 0.717) is 25.0 Å². The number of nitrogens with zero attached hydrogens (tertiary/aromatic N) is 6. The summed E-state index contributed by atoms with van der Waals surface area (Å²) in [6.07, 6.45) is 6.46. The first-order valence-corrected chi connectivity index (χ1v) is 11.8. The van der Waals surface area contributed by atoms with Crippen molar-refractivity contribution < 1.29 is 9.53 Å². The minimum absolute atomic E-state index is 0.204. The van der Waals surface area contributed by atoms with Gasteiger partial charge in [0.25, 0.3) is 0 Å². The fraction of sp³-hybridized carbons (Fsp3) is 0.440. The van der Waals surface area contributed by atoms with Crippen LogP contribution in [0.2, 0.25) is 0 Å². The van der Waals surface area contributed by atoms with Crippen molar-refractivity contribution in [1.82, 2.24) is 29.5 Å². The van der Waals surface area contributed by atoms with E-state index in [1.54, 1.807) is 17.1 Å². The minimum Gasteiger partial charge on any atom is -0.381 e. The maximum absolute atomic E-state index is 12.8. The van der Waals surface area contributed by atoms with Gasteiger partial charge in [0.05, 0.1) is 30.7 Å². The molecule has 2 aliphatic rings. The van der Waals surface area contributed by atoms with Crippen molar-refractivity contribution in [2.45, 2.75) is 19.9 Å². The number of nitrogens with one attached hydrogen (secondary N) is 1. The van der Waals surface area contributed by atoms with Crippen molar-refractivity contribution in [1.29, 1.82) is 0 Å². The van der Waals surface area contributed by atoms with E-state index in [1.165, 1.54) is 0 Å². The number of aryl methyl sites for hydroxylation is 2. The molecule has 1 atom stereocenters. The van der Waals surface area contributed by atoms with Crippen LogP contribution in [-0.4, -0.2) is 74.8 Å². The Kier molecular flexibility index (Phi) is 6.55. The number of carbonyl (C=O) groups is 1. The van der Waals surface area contributed by atoms with Crippen LogP contribution in [0.1, 0.15) is 17.5 Å². The van der Waals surface area contributed by atoms with E-state index in [9.17, 15) is 4.79 Å². The number of benzene rings is 1. The van der Waals surface area contributed by atoms with E-state index >= 15 is 0 Å². The first kappa shape index (κ1) is 22.5. The van der Waals surface area contributed by atoms with Gasteiger partial charge in [0.2, 0.25) is 11.9 Å². The lowest BCUT2D eigenvalue weighted by molar-refractivity contribution is -0.136. The maximum atomic E-state index is 12.8. The zero-order valence-corrected chi connectivity index (χ0v) is 19.8. The Balaban J connectivity index is 1.22. The zero-order valence-electron chi connectivity index (χ0n) is 19.8. The van der Waals surface area contributed by atoms with E-state index in [4.69, 9.17) is 4.74 Å². The highest BCUT2D eigenvalue weighted by atomic mass is 16.5. The van der Waals surface area contributed by atoms with Crippen LogP contribution in [0.5, 0.6) is 0 Å². The molecular weight excluding hydrogens is 430 g/mol. The third-order valence-electron chi connectivity index (χ3n) is 6.55. The molecule has 2 aliphatic heterocycles. The van der Waals surface area contributed by atoms with E-state index in [0.717, 1.165) is 67.3 Å². The molecule has 5 rings (SSSR count). The first-order chi connectivity index (χ1) is 16.5. The van der Waals surface area contributed by atoms with Crippen LogP contribution in [0.15, 0.2) is 42.9 Å². The molecule has 0 radical (unpaired) electrons. The molecule has 0 aliphatic carbocycles. The Morgan fingerprint density at radius 1 is 1.24 bits per heavy atom. The second-order valence-electron chi connectivity index (χ2n) is 9.21. The van der Waals surface area contributed by atoms with Gasteiger partial charge in [-0.1, -0.05) is 12.1 Å². The number of rotatable bonds is 7. The van der Waals surface area contributed by atoms with Gasteiger partial charge >= 0.3 is 0 Å². The molecule has 1 N–H and O–H groups in total. The summed E-state index contributed by atoms with van der Waals surface area (Å²) < 4.78 is 7.20. The number of ether oxygens (including phenoxy) is 1. The normalized spacial score (nSPS) is 19.1. The lowest BCUT2D eigenvalue weighted by Gasteiger charge is -2.35. The van der Waals surface area contributed by atoms with Crippen LogP contribution in [-0.2, 0) is 23.1 Å². The minimum atomic E-state index is 0.204. The van der Waals surface area contributed by atoms with Gasteiger partial charge in [-0.15, -0.1) is 0 Å². The lowest BCUT2D eigenvalue weighted by atomic mass is 10.0. The Bertz CT molecular complexity index is 1160. The topological polar surface area (TPSA) is 88.4 Å². The number of aromatic nitrogens is 4. The van der Waals surface area contributed by atoms with E-state index in [-0.39, 0.29) is 5.91 Å². The Morgan fingerprint density at radius 2 is 2.15 bits per heavy atom. The second kappa shape index (κ2) is 9.90. The van der Waals surface area contributed by atoms with Crippen LogP contribution in [0.25, 0.3) is 11.3 Å². The standard InChI is InChI=1S/C25H31N7O2/c1-18-11-20(23-5-7-26-25(29-23)28-22-12-27-30(2)15-22)3-4-21(18)14-32-9-8-31(16-24(32)33)13-19-6-10-34-17-19/h3-5,7,11-12,15,19H,6,8-10,13-14,16-17H2,1-2H3,(H,26,28,29). The molecule has 1 amide bonds. The molecule has 1 aromatic carbocycles. The molecule has 3 aromatic rings. The summed E-state index contributed by atoms with van der Waals surface area (Å²) in [7, 11) is 1.87. The fourth-order valence-corrected chi connectivity index (χ4v) is 4.61. The lowest BCUT2D eigenvalue weighted by Crippen LogP contribution is -2.51. The highest BCUT2D eigenvalue weighted by molar-refractivity contribution is 5.79. The largest absolute Gasteiger partial charge is 0.381 e. The van der Waals surface area contributed by atoms with Crippen molar-refractivity contribution >= 4 is 17.5 Å². The van der Waals surface area contributed by atoms with E-state index in [1.807, 2.05) is 24.2 Å². The summed E-state index contributed by atoms with van der Waals surface area (Å²) in [4.78, 5) is 26.0. The summed E-state index contributed by atoms with van der Waals surface area (Å²) >= 11 is 0. The van der Waals surface area contributed by atoms with Crippen LogP contribution in [0.4, 0.5) is 11.6 Å². The summed E-state index contributed by atoms with van der Waals surface area (Å²) in [5.41, 5.74) is 5.02. The smallest absolute Gasteiger partial charge is 0.237 e. The predicted octanol–water partition coefficient (Wildman–Crippen LogP) is 2.61. The van der Waals surface area contributed by atoms with Gasteiger partial charge in [-0.2, -0.15) is 5.10 Å². The van der Waals surface area contributed by atoms with Crippen molar-refractivity contribution in [3.63, 3.8) is 0 Å². The second-order valence-corrected chi connectivity index (χ2v) is 9.21. The average Bonchev–Trinajstić information content (AvgIpc) is 3.48. The van der Waals surface area contributed by atoms with Crippen molar-refractivity contribution in [3.8, 4) is 11.3 Å². The number of carbonyl (C=O) groups excluding carboxylic acids is 1. The molecule has 2 saturated heterocycles. The SMILES string of the molecule is Cc1cc(-c2ccnc(Nc3cnn(C)c3)n2)ccc1CN1CCN(CC2CCOC2)CC1=O. The highest BCUT2D eigenvalue weighted by Crippen LogP contribution is 2.24. The van der Waals surface area contributed by atoms with Crippen LogP contribution < -0.4 is 5.32 Å². The summed E-state index contributed by atoms with van der Waals surface area (Å²) in [5, 5.41) is 7.34. The number of hydrogen-bond acceptors (Lipinski definition) is 7. The number of anilines is 2. The number of piperazine rings is 1. The molecule has 34 heavy (non-hydrogen) atoms. The average molecular weight is 462 g/mol. The van der Waals surface area contributed by atoms with Gasteiger partial charge in [-0.3, -0.25) is 14.4 Å².